The molecule has 0 aromatic heterocycles. The molecule has 0 heterocycles. The Kier molecular flexibility index (Phi) is 12.0. The zero-order chi connectivity index (χ0) is 19.9. The van der Waals surface area contributed by atoms with Crippen LogP contribution >= 0.6 is 24.0 Å². The molecule has 0 aromatic carbocycles. The van der Waals surface area contributed by atoms with Crippen molar-refractivity contribution >= 4 is 46.8 Å². The second kappa shape index (κ2) is 11.3. The largest absolute Gasteiger partial charge is 0.444 e. The van der Waals surface area contributed by atoms with E-state index in [2.05, 4.69) is 20.9 Å². The lowest BCUT2D eigenvalue weighted by Crippen LogP contribution is -2.54. The summed E-state index contributed by atoms with van der Waals surface area (Å²) in [6, 6.07) is 0. The number of halogens is 1. The van der Waals surface area contributed by atoms with Crippen LogP contribution in [0.4, 0.5) is 4.79 Å². The van der Waals surface area contributed by atoms with Crippen LogP contribution < -0.4 is 16.0 Å². The predicted octanol–water partition coefficient (Wildman–Crippen LogP) is 2.62. The van der Waals surface area contributed by atoms with Crippen LogP contribution in [-0.4, -0.2) is 58.0 Å². The molecule has 1 atom stereocenters. The molecule has 0 fully saturated rings. The van der Waals surface area contributed by atoms with Crippen molar-refractivity contribution in [2.24, 2.45) is 4.99 Å². The van der Waals surface area contributed by atoms with Gasteiger partial charge in [0.25, 0.3) is 0 Å². The minimum atomic E-state index is -0.913. The number of aliphatic imine (C=N–C) groups is 1. The highest BCUT2D eigenvalue weighted by Gasteiger charge is 2.25. The summed E-state index contributed by atoms with van der Waals surface area (Å²) < 4.78 is 17.1. The van der Waals surface area contributed by atoms with E-state index in [0.29, 0.717) is 24.8 Å². The number of hydrogen-bond donors (Lipinski definition) is 3. The highest BCUT2D eigenvalue weighted by Crippen LogP contribution is 2.10. The van der Waals surface area contributed by atoms with Crippen LogP contribution in [0.3, 0.4) is 0 Å². The van der Waals surface area contributed by atoms with Gasteiger partial charge < -0.3 is 20.7 Å². The lowest BCUT2D eigenvalue weighted by atomic mass is 10.1. The van der Waals surface area contributed by atoms with Gasteiger partial charge in [0.2, 0.25) is 0 Å². The molecule has 0 saturated carbocycles. The van der Waals surface area contributed by atoms with E-state index in [1.165, 1.54) is 0 Å². The second-order valence-electron chi connectivity index (χ2n) is 8.53. The Morgan fingerprint density at radius 1 is 1.04 bits per heavy atom. The number of nitrogens with zero attached hydrogens (tertiary/aromatic N) is 1. The molecule has 0 radical (unpaired) electrons. The topological polar surface area (TPSA) is 91.8 Å². The maximum Gasteiger partial charge on any atom is 0.408 e. The number of carbonyl (C=O) groups excluding carboxylic acids is 1. The predicted molar refractivity (Wildman–Crippen MR) is 121 cm³/mol. The van der Waals surface area contributed by atoms with Crippen LogP contribution in [0, 0.1) is 0 Å². The highest BCUT2D eigenvalue weighted by molar-refractivity contribution is 14.0. The molecular weight excluding hydrogens is 467 g/mol. The van der Waals surface area contributed by atoms with Gasteiger partial charge in [0.05, 0.1) is 5.54 Å². The Balaban J connectivity index is 0. The monoisotopic (exact) mass is 504 g/mol. The van der Waals surface area contributed by atoms with Gasteiger partial charge in [0, 0.05) is 41.4 Å². The molecule has 0 aliphatic heterocycles. The van der Waals surface area contributed by atoms with E-state index >= 15 is 0 Å². The minimum absolute atomic E-state index is 0. The Morgan fingerprint density at radius 3 is 2.00 bits per heavy atom. The van der Waals surface area contributed by atoms with Crippen LogP contribution in [0.25, 0.3) is 0 Å². The SMILES string of the molecule is CN=C(NCCS(=O)C(C)(C)C)NCC(C)(C)NC(=O)OC(C)(C)C.I. The average molecular weight is 504 g/mol. The fourth-order valence-corrected chi connectivity index (χ4v) is 2.62. The Morgan fingerprint density at radius 2 is 1.58 bits per heavy atom. The first-order chi connectivity index (χ1) is 11.2. The lowest BCUT2D eigenvalue weighted by molar-refractivity contribution is 0.0474. The van der Waals surface area contributed by atoms with Crippen LogP contribution in [0.2, 0.25) is 0 Å². The highest BCUT2D eigenvalue weighted by atomic mass is 127. The van der Waals surface area contributed by atoms with Gasteiger partial charge >= 0.3 is 6.09 Å². The third-order valence-electron chi connectivity index (χ3n) is 3.02. The number of hydrogen-bond acceptors (Lipinski definition) is 4. The van der Waals surface area contributed by atoms with Crippen LogP contribution in [0.15, 0.2) is 4.99 Å². The van der Waals surface area contributed by atoms with Crippen molar-refractivity contribution in [3.8, 4) is 0 Å². The van der Waals surface area contributed by atoms with E-state index < -0.39 is 28.0 Å². The van der Waals surface area contributed by atoms with Gasteiger partial charge in [0.15, 0.2) is 5.96 Å². The Bertz CT molecular complexity index is 497. The first kappa shape index (κ1) is 27.6. The number of amides is 1. The number of guanidine groups is 1. The zero-order valence-electron chi connectivity index (χ0n) is 17.6. The van der Waals surface area contributed by atoms with Gasteiger partial charge in [-0.25, -0.2) is 4.79 Å². The van der Waals surface area contributed by atoms with Gasteiger partial charge in [-0.1, -0.05) is 0 Å². The number of rotatable bonds is 6. The summed E-state index contributed by atoms with van der Waals surface area (Å²) in [6.45, 7) is 16.2. The molecule has 1 amide bonds. The smallest absolute Gasteiger partial charge is 0.408 e. The molecule has 9 heteroatoms. The normalized spacial score (nSPS) is 14.1. The van der Waals surface area contributed by atoms with Gasteiger partial charge in [0.1, 0.15) is 5.60 Å². The van der Waals surface area contributed by atoms with Crippen molar-refractivity contribution < 1.29 is 13.7 Å². The summed E-state index contributed by atoms with van der Waals surface area (Å²) in [4.78, 5) is 16.0. The molecule has 3 N–H and O–H groups in total. The van der Waals surface area contributed by atoms with Crippen LogP contribution in [-0.2, 0) is 15.5 Å². The van der Waals surface area contributed by atoms with Gasteiger partial charge in [-0.2, -0.15) is 0 Å². The molecule has 0 spiro atoms. The first-order valence-electron chi connectivity index (χ1n) is 8.50. The molecule has 0 bridgehead atoms. The standard InChI is InChI=1S/C17H36N4O3S.HI/c1-15(2,3)24-14(22)21-17(7,8)12-20-13(18-9)19-10-11-25(23)16(4,5)6;/h10-12H2,1-9H3,(H,21,22)(H2,18,19,20);1H. The Hall–Kier alpha value is -0.580. The lowest BCUT2D eigenvalue weighted by Gasteiger charge is -2.29. The molecule has 0 rings (SSSR count). The van der Waals surface area contributed by atoms with Crippen molar-refractivity contribution in [1.29, 1.82) is 0 Å². The van der Waals surface area contributed by atoms with E-state index in [1.54, 1.807) is 7.05 Å². The fourth-order valence-electron chi connectivity index (χ4n) is 1.72. The molecule has 0 saturated heterocycles. The van der Waals surface area contributed by atoms with E-state index in [1.807, 2.05) is 55.4 Å². The number of carbonyl (C=O) groups is 1. The summed E-state index contributed by atoms with van der Waals surface area (Å²) in [7, 11) is 0.758. The van der Waals surface area contributed by atoms with Crippen LogP contribution in [0.5, 0.6) is 0 Å². The maximum absolute atomic E-state index is 12.0. The molecule has 26 heavy (non-hydrogen) atoms. The van der Waals surface area contributed by atoms with E-state index in [4.69, 9.17) is 4.74 Å². The summed E-state index contributed by atoms with van der Waals surface area (Å²) >= 11 is 0. The van der Waals surface area contributed by atoms with E-state index in [-0.39, 0.29) is 28.7 Å². The van der Waals surface area contributed by atoms with E-state index in [0.717, 1.165) is 0 Å². The third-order valence-corrected chi connectivity index (χ3v) is 4.96. The third kappa shape index (κ3) is 13.6. The number of alkyl carbamates (subject to hydrolysis) is 1. The van der Waals surface area contributed by atoms with Crippen LogP contribution in [0.1, 0.15) is 55.4 Å². The van der Waals surface area contributed by atoms with Crippen molar-refractivity contribution in [2.75, 3.05) is 25.9 Å². The molecule has 7 nitrogen and oxygen atoms in total. The summed E-state index contributed by atoms with van der Waals surface area (Å²) in [5.41, 5.74) is -1.05. The van der Waals surface area contributed by atoms with Gasteiger partial charge in [-0.05, 0) is 55.4 Å². The summed E-state index contributed by atoms with van der Waals surface area (Å²) in [5, 5.41) is 9.13. The first-order valence-corrected chi connectivity index (χ1v) is 9.82. The summed E-state index contributed by atoms with van der Waals surface area (Å²) in [6.07, 6.45) is -0.456. The van der Waals surface area contributed by atoms with Crippen molar-refractivity contribution in [2.45, 2.75) is 71.3 Å². The van der Waals surface area contributed by atoms with Gasteiger partial charge in [-0.15, -0.1) is 24.0 Å². The number of ether oxygens (including phenoxy) is 1. The quantitative estimate of drug-likeness (QED) is 0.294. The minimum Gasteiger partial charge on any atom is -0.444 e. The van der Waals surface area contributed by atoms with Crippen molar-refractivity contribution in [3.05, 3.63) is 0 Å². The molecule has 0 aromatic rings. The number of nitrogens with one attached hydrogen (secondary N) is 3. The van der Waals surface area contributed by atoms with E-state index in [9.17, 15) is 9.00 Å². The maximum atomic E-state index is 12.0. The average Bonchev–Trinajstić information content (AvgIpc) is 2.38. The Labute approximate surface area is 178 Å². The molecule has 0 aliphatic carbocycles. The summed E-state index contributed by atoms with van der Waals surface area (Å²) in [5.74, 6) is 1.15. The van der Waals surface area contributed by atoms with Crippen molar-refractivity contribution in [1.82, 2.24) is 16.0 Å². The van der Waals surface area contributed by atoms with Gasteiger partial charge in [-0.3, -0.25) is 9.20 Å². The molecule has 156 valence electrons. The fraction of sp³-hybridized carbons (Fsp3) is 0.882. The molecule has 0 aliphatic rings. The zero-order valence-corrected chi connectivity index (χ0v) is 20.8. The molecule has 1 unspecified atom stereocenters. The molecular formula is C17H37IN4O3S. The second-order valence-corrected chi connectivity index (χ2v) is 10.8. The van der Waals surface area contributed by atoms with Crippen molar-refractivity contribution in [3.63, 3.8) is 0 Å².